The van der Waals surface area contributed by atoms with Gasteiger partial charge in [-0.1, -0.05) is 54.6 Å². The molecule has 0 saturated heterocycles. The van der Waals surface area contributed by atoms with Crippen molar-refractivity contribution in [2.24, 2.45) is 11.5 Å². The summed E-state index contributed by atoms with van der Waals surface area (Å²) in [5, 5.41) is 75.2. The molecule has 0 spiro atoms. The summed E-state index contributed by atoms with van der Waals surface area (Å²) in [5.74, 6) is -11.6. The van der Waals surface area contributed by atoms with Crippen LogP contribution in [0.5, 0.6) is 11.5 Å². The molecule has 7 amide bonds. The van der Waals surface area contributed by atoms with Gasteiger partial charge >= 0.3 is 17.9 Å². The normalized spacial score (nSPS) is 14.1. The third-order valence-corrected chi connectivity index (χ3v) is 11.8. The molecule has 25 nitrogen and oxygen atoms in total. The van der Waals surface area contributed by atoms with Gasteiger partial charge in [-0.05, 0) is 79.6 Å². The van der Waals surface area contributed by atoms with Crippen molar-refractivity contribution in [3.8, 4) is 11.5 Å². The van der Waals surface area contributed by atoms with E-state index in [9.17, 15) is 73.5 Å². The number of phenolic OH excluding ortho intramolecular Hbond substituents is 2. The molecule has 0 unspecified atom stereocenters. The van der Waals surface area contributed by atoms with E-state index in [1.807, 2.05) is 0 Å². The van der Waals surface area contributed by atoms with Gasteiger partial charge < -0.3 is 79.3 Å². The van der Waals surface area contributed by atoms with Gasteiger partial charge in [-0.15, -0.1) is 0 Å². The molecule has 3 rings (SSSR count). The molecule has 0 fully saturated rings. The monoisotopic (exact) mass is 1070 g/mol. The first kappa shape index (κ1) is 61.5. The summed E-state index contributed by atoms with van der Waals surface area (Å²) in [7, 11) is 0. The number of carboxylic acids is 3. The number of aliphatic hydroxyl groups is 1. The average molecular weight is 1070 g/mol. The predicted octanol–water partition coefficient (Wildman–Crippen LogP) is -2.29. The quantitative estimate of drug-likeness (QED) is 0.0225. The number of carboxylic acid groups (broad SMARTS) is 3. The summed E-state index contributed by atoms with van der Waals surface area (Å²) < 4.78 is 0. The molecular weight excluding hydrogens is 1000 g/mol. The zero-order valence-corrected chi connectivity index (χ0v) is 41.6. The highest BCUT2D eigenvalue weighted by atomic mass is 32.1. The number of amides is 7. The van der Waals surface area contributed by atoms with Crippen LogP contribution in [0.15, 0.2) is 78.9 Å². The van der Waals surface area contributed by atoms with Crippen molar-refractivity contribution < 1.29 is 78.6 Å². The number of phenols is 2. The molecule has 0 aliphatic rings. The number of aliphatic hydroxyl groups excluding tert-OH is 1. The third-order valence-electron chi connectivity index (χ3n) is 11.4. The Balaban J connectivity index is 1.90. The smallest absolute Gasteiger partial charge is 0.327 e. The number of benzene rings is 3. The van der Waals surface area contributed by atoms with Gasteiger partial charge in [0.05, 0.1) is 12.6 Å². The second kappa shape index (κ2) is 31.7. The van der Waals surface area contributed by atoms with E-state index in [1.54, 1.807) is 30.3 Å². The number of aromatic hydroxyl groups is 2. The maximum absolute atomic E-state index is 14.2. The molecule has 408 valence electrons. The summed E-state index contributed by atoms with van der Waals surface area (Å²) >= 11 is 3.98. The lowest BCUT2D eigenvalue weighted by Gasteiger charge is -2.27. The van der Waals surface area contributed by atoms with Gasteiger partial charge in [0.25, 0.3) is 0 Å². The molecule has 3 aromatic rings. The SMILES string of the molecule is NCCCC[C@H](NC(=O)[C@H](Cc1ccc(O)cc1)NC(=O)[C@@H](N)CCC(=O)O)C(=O)N[C@@H](CO)C(=O)N[C@@H](CCC(=O)O)C(=O)N[C@@H](Cc1ccccc1)C(=O)N[C@@H](Cc1ccc(O)cc1)C(=O)N[C@@H](CS)C(=O)O. The van der Waals surface area contributed by atoms with Crippen molar-refractivity contribution in [2.45, 2.75) is 113 Å². The average Bonchev–Trinajstić information content (AvgIpc) is 3.37. The first-order valence-electron chi connectivity index (χ1n) is 23.7. The molecular formula is C49H65N9O16S. The Labute approximate surface area is 436 Å². The Morgan fingerprint density at radius 2 is 0.813 bits per heavy atom. The van der Waals surface area contributed by atoms with Crippen LogP contribution in [0, 0.1) is 0 Å². The fraction of sp³-hybridized carbons (Fsp3) is 0.429. The number of hydrogen-bond donors (Lipinski definition) is 16. The summed E-state index contributed by atoms with van der Waals surface area (Å²) in [4.78, 5) is 131. The molecule has 0 aliphatic carbocycles. The van der Waals surface area contributed by atoms with Gasteiger partial charge in [-0.3, -0.25) is 43.2 Å². The molecule has 17 N–H and O–H groups in total. The topological polar surface area (TPSA) is 428 Å². The first-order valence-corrected chi connectivity index (χ1v) is 24.3. The Morgan fingerprint density at radius 1 is 0.453 bits per heavy atom. The lowest BCUT2D eigenvalue weighted by Crippen LogP contribution is -2.61. The van der Waals surface area contributed by atoms with Gasteiger partial charge in [0.2, 0.25) is 41.4 Å². The van der Waals surface area contributed by atoms with Gasteiger partial charge in [-0.2, -0.15) is 12.6 Å². The van der Waals surface area contributed by atoms with Gasteiger partial charge in [0.15, 0.2) is 0 Å². The van der Waals surface area contributed by atoms with E-state index in [0.717, 1.165) is 0 Å². The molecule has 0 bridgehead atoms. The van der Waals surface area contributed by atoms with Crippen LogP contribution < -0.4 is 48.7 Å². The molecule has 0 saturated carbocycles. The maximum atomic E-state index is 14.2. The standard InChI is InChI=1S/C49H65N9O16S/c50-21-5-4-8-33(52-45(69)35(23-28-9-13-30(60)14-10-28)54-42(66)32(51)17-19-40(62)63)43(67)57-38(25-59)48(72)53-34(18-20-41(64)65)44(68)55-36(22-27-6-2-1-3-7-27)46(70)56-37(24-29-11-15-31(61)16-12-29)47(71)58-39(26-75)49(73)74/h1-3,6-7,9-16,32-39,59-61,75H,4-5,8,17-26,50-51H2,(H,52,69)(H,53,72)(H,54,66)(H,55,68)(H,56,70)(H,57,67)(H,58,71)(H,62,63)(H,64,65)(H,73,74)/t32-,33-,34-,35-,36-,37-,38-,39-/m0/s1. The summed E-state index contributed by atoms with van der Waals surface area (Å²) in [6, 6.07) is 7.04. The van der Waals surface area contributed by atoms with E-state index in [-0.39, 0.29) is 62.3 Å². The van der Waals surface area contributed by atoms with Crippen molar-refractivity contribution in [2.75, 3.05) is 18.9 Å². The molecule has 3 aromatic carbocycles. The number of thiol groups is 1. The Kier molecular flexibility index (Phi) is 26.0. The van der Waals surface area contributed by atoms with Crippen molar-refractivity contribution in [3.05, 3.63) is 95.6 Å². The van der Waals surface area contributed by atoms with Crippen molar-refractivity contribution in [1.82, 2.24) is 37.2 Å². The van der Waals surface area contributed by atoms with E-state index in [4.69, 9.17) is 16.6 Å². The van der Waals surface area contributed by atoms with Crippen LogP contribution in [0.1, 0.15) is 61.6 Å². The van der Waals surface area contributed by atoms with E-state index in [0.29, 0.717) is 23.1 Å². The number of carbonyl (C=O) groups is 10. The number of rotatable bonds is 33. The predicted molar refractivity (Wildman–Crippen MR) is 270 cm³/mol. The zero-order chi connectivity index (χ0) is 55.6. The molecule has 0 aliphatic heterocycles. The highest BCUT2D eigenvalue weighted by Gasteiger charge is 2.35. The van der Waals surface area contributed by atoms with Gasteiger partial charge in [0, 0.05) is 37.9 Å². The second-order valence-electron chi connectivity index (χ2n) is 17.3. The number of nitrogens with two attached hydrogens (primary N) is 2. The summed E-state index contributed by atoms with van der Waals surface area (Å²) in [6.45, 7) is -0.910. The maximum Gasteiger partial charge on any atom is 0.327 e. The first-order chi connectivity index (χ1) is 35.6. The van der Waals surface area contributed by atoms with Crippen LogP contribution in [-0.2, 0) is 67.2 Å². The fourth-order valence-electron chi connectivity index (χ4n) is 7.21. The van der Waals surface area contributed by atoms with Crippen molar-refractivity contribution in [3.63, 3.8) is 0 Å². The largest absolute Gasteiger partial charge is 0.508 e. The van der Waals surface area contributed by atoms with Crippen LogP contribution >= 0.6 is 12.6 Å². The number of aliphatic carboxylic acids is 3. The van der Waals surface area contributed by atoms with Gasteiger partial charge in [0.1, 0.15) is 53.8 Å². The summed E-state index contributed by atoms with van der Waals surface area (Å²) in [5.41, 5.74) is 12.9. The zero-order valence-electron chi connectivity index (χ0n) is 40.7. The molecule has 0 aromatic heterocycles. The third kappa shape index (κ3) is 22.1. The Bertz CT molecular complexity index is 2420. The highest BCUT2D eigenvalue weighted by Crippen LogP contribution is 2.15. The molecule has 26 heteroatoms. The van der Waals surface area contributed by atoms with Crippen molar-refractivity contribution in [1.29, 1.82) is 0 Å². The minimum absolute atomic E-state index is 0.0894. The van der Waals surface area contributed by atoms with E-state index in [2.05, 4.69) is 49.8 Å². The Morgan fingerprint density at radius 3 is 1.23 bits per heavy atom. The van der Waals surface area contributed by atoms with E-state index in [1.165, 1.54) is 48.5 Å². The van der Waals surface area contributed by atoms with Crippen LogP contribution in [0.4, 0.5) is 0 Å². The van der Waals surface area contributed by atoms with Crippen LogP contribution in [-0.4, -0.2) is 157 Å². The van der Waals surface area contributed by atoms with Crippen LogP contribution in [0.25, 0.3) is 0 Å². The van der Waals surface area contributed by atoms with E-state index >= 15 is 0 Å². The summed E-state index contributed by atoms with van der Waals surface area (Å²) in [6.07, 6.45) is -2.16. The highest BCUT2D eigenvalue weighted by molar-refractivity contribution is 7.80. The molecule has 0 radical (unpaired) electrons. The number of unbranched alkanes of at least 4 members (excludes halogenated alkanes) is 1. The molecule has 8 atom stereocenters. The lowest BCUT2D eigenvalue weighted by atomic mass is 10.0. The molecule has 75 heavy (non-hydrogen) atoms. The van der Waals surface area contributed by atoms with Crippen LogP contribution in [0.2, 0.25) is 0 Å². The minimum Gasteiger partial charge on any atom is -0.508 e. The molecule has 0 heterocycles. The van der Waals surface area contributed by atoms with Gasteiger partial charge in [-0.25, -0.2) is 4.79 Å². The number of hydrogen-bond acceptors (Lipinski definition) is 16. The minimum atomic E-state index is -1.85. The number of nitrogens with one attached hydrogen (secondary N) is 7. The Hall–Kier alpha value is -7.81. The van der Waals surface area contributed by atoms with E-state index < -0.39 is 133 Å². The second-order valence-corrected chi connectivity index (χ2v) is 17.7. The number of carbonyl (C=O) groups excluding carboxylic acids is 7. The lowest BCUT2D eigenvalue weighted by molar-refractivity contribution is -0.142. The fourth-order valence-corrected chi connectivity index (χ4v) is 7.46. The van der Waals surface area contributed by atoms with Crippen LogP contribution in [0.3, 0.4) is 0 Å². The van der Waals surface area contributed by atoms with Crippen molar-refractivity contribution >= 4 is 71.9 Å².